The summed E-state index contributed by atoms with van der Waals surface area (Å²) < 4.78 is 0. The van der Waals surface area contributed by atoms with Gasteiger partial charge in [0.05, 0.1) is 0 Å². The summed E-state index contributed by atoms with van der Waals surface area (Å²) in [6.07, 6.45) is 1.28. The molecule has 0 unspecified atom stereocenters. The molecule has 0 amide bonds. The first-order chi connectivity index (χ1) is 6.15. The lowest BCUT2D eigenvalue weighted by atomic mass is 10.1. The monoisotopic (exact) mass is 177 g/mol. The number of hydrogen-bond donors (Lipinski definition) is 3. The van der Waals surface area contributed by atoms with Crippen LogP contribution in [0.4, 0.5) is 11.4 Å². The van der Waals surface area contributed by atoms with Gasteiger partial charge in [0.1, 0.15) is 0 Å². The van der Waals surface area contributed by atoms with E-state index in [1.165, 1.54) is 6.21 Å². The Bertz CT molecular complexity index is 305. The highest BCUT2D eigenvalue weighted by molar-refractivity contribution is 5.92. The quantitative estimate of drug-likeness (QED) is 0.489. The third-order valence-electron chi connectivity index (χ3n) is 1.73. The fourth-order valence-corrected chi connectivity index (χ4v) is 1.18. The van der Waals surface area contributed by atoms with Crippen LogP contribution in [-0.2, 0) is 0 Å². The Labute approximate surface area is 78.5 Å². The van der Waals surface area contributed by atoms with Crippen LogP contribution >= 0.6 is 0 Å². The summed E-state index contributed by atoms with van der Waals surface area (Å²) in [7, 11) is 0. The summed E-state index contributed by atoms with van der Waals surface area (Å²) in [5.41, 5.74) is 8.04. The molecule has 0 aliphatic heterocycles. The van der Waals surface area contributed by atoms with Gasteiger partial charge in [0.15, 0.2) is 0 Å². The minimum Gasteiger partial charge on any atom is -0.398 e. The number of nitrogens with two attached hydrogens (primary N) is 1. The predicted octanol–water partition coefficient (Wildman–Crippen LogP) is 2.09. The van der Waals surface area contributed by atoms with E-state index in [0.29, 0.717) is 11.7 Å². The van der Waals surface area contributed by atoms with Crippen LogP contribution in [0.5, 0.6) is 0 Å². The second-order valence-electron chi connectivity index (χ2n) is 3.25. The molecule has 0 fully saturated rings. The van der Waals surface area contributed by atoms with Gasteiger partial charge < -0.3 is 16.5 Å². The van der Waals surface area contributed by atoms with Crippen LogP contribution < -0.4 is 11.1 Å². The summed E-state index contributed by atoms with van der Waals surface area (Å²) in [4.78, 5) is 0. The van der Waals surface area contributed by atoms with Crippen LogP contribution in [0.1, 0.15) is 19.4 Å². The molecule has 0 aliphatic carbocycles. The minimum absolute atomic E-state index is 0.348. The number of benzene rings is 1. The van der Waals surface area contributed by atoms with Gasteiger partial charge in [0, 0.05) is 29.2 Å². The topological polar surface area (TPSA) is 61.9 Å². The van der Waals surface area contributed by atoms with Crippen molar-refractivity contribution in [2.24, 2.45) is 0 Å². The van der Waals surface area contributed by atoms with Gasteiger partial charge in [0.25, 0.3) is 0 Å². The Morgan fingerprint density at radius 1 is 1.46 bits per heavy atom. The van der Waals surface area contributed by atoms with Crippen LogP contribution in [0.25, 0.3) is 0 Å². The van der Waals surface area contributed by atoms with E-state index in [4.69, 9.17) is 11.1 Å². The van der Waals surface area contributed by atoms with Crippen molar-refractivity contribution in [1.29, 1.82) is 5.41 Å². The van der Waals surface area contributed by atoms with Gasteiger partial charge in [-0.25, -0.2) is 0 Å². The van der Waals surface area contributed by atoms with Crippen molar-refractivity contribution in [2.45, 2.75) is 19.9 Å². The summed E-state index contributed by atoms with van der Waals surface area (Å²) in [5.74, 6) is 0. The van der Waals surface area contributed by atoms with Crippen molar-refractivity contribution in [3.05, 3.63) is 23.8 Å². The number of anilines is 2. The summed E-state index contributed by atoms with van der Waals surface area (Å²) in [5, 5.41) is 10.5. The van der Waals surface area contributed by atoms with Crippen LogP contribution in [0, 0.1) is 5.41 Å². The fraction of sp³-hybridized carbons (Fsp3) is 0.300. The van der Waals surface area contributed by atoms with E-state index in [-0.39, 0.29) is 0 Å². The molecule has 0 spiro atoms. The molecule has 0 saturated heterocycles. The second kappa shape index (κ2) is 3.94. The number of rotatable bonds is 3. The molecule has 0 radical (unpaired) electrons. The van der Waals surface area contributed by atoms with Gasteiger partial charge in [-0.15, -0.1) is 0 Å². The van der Waals surface area contributed by atoms with Crippen LogP contribution in [0.2, 0.25) is 0 Å². The first-order valence-electron chi connectivity index (χ1n) is 4.30. The average Bonchev–Trinajstić information content (AvgIpc) is 2.03. The molecule has 1 aromatic rings. The van der Waals surface area contributed by atoms with Gasteiger partial charge >= 0.3 is 0 Å². The van der Waals surface area contributed by atoms with Crippen LogP contribution in [0.3, 0.4) is 0 Å². The van der Waals surface area contributed by atoms with Crippen LogP contribution in [0.15, 0.2) is 18.2 Å². The number of nitrogen functional groups attached to an aromatic ring is 1. The van der Waals surface area contributed by atoms with Crippen LogP contribution in [-0.4, -0.2) is 12.3 Å². The zero-order valence-electron chi connectivity index (χ0n) is 7.96. The molecule has 3 nitrogen and oxygen atoms in total. The summed E-state index contributed by atoms with van der Waals surface area (Å²) >= 11 is 0. The Morgan fingerprint density at radius 3 is 2.69 bits per heavy atom. The highest BCUT2D eigenvalue weighted by Gasteiger charge is 2.03. The third-order valence-corrected chi connectivity index (χ3v) is 1.73. The maximum atomic E-state index is 7.22. The van der Waals surface area contributed by atoms with Gasteiger partial charge in [-0.2, -0.15) is 0 Å². The maximum Gasteiger partial charge on any atom is 0.0452 e. The lowest BCUT2D eigenvalue weighted by Crippen LogP contribution is -2.12. The van der Waals surface area contributed by atoms with Crippen molar-refractivity contribution >= 4 is 17.6 Å². The standard InChI is InChI=1S/C10H15N3/c1-7(2)13-10-5-3-4-9(12)8(10)6-11/h3-7,11,13H,12H2,1-2H3. The van der Waals surface area contributed by atoms with Gasteiger partial charge in [-0.3, -0.25) is 0 Å². The molecule has 0 aliphatic rings. The van der Waals surface area contributed by atoms with Crippen molar-refractivity contribution in [2.75, 3.05) is 11.1 Å². The lowest BCUT2D eigenvalue weighted by molar-refractivity contribution is 0.899. The average molecular weight is 177 g/mol. The fourth-order valence-electron chi connectivity index (χ4n) is 1.18. The molecule has 0 heterocycles. The molecule has 70 valence electrons. The Balaban J connectivity index is 3.05. The third kappa shape index (κ3) is 2.21. The lowest BCUT2D eigenvalue weighted by Gasteiger charge is -2.13. The molecule has 3 heteroatoms. The smallest absolute Gasteiger partial charge is 0.0452 e. The Kier molecular flexibility index (Phi) is 2.90. The highest BCUT2D eigenvalue weighted by Crippen LogP contribution is 2.20. The molecule has 1 rings (SSSR count). The molecular weight excluding hydrogens is 162 g/mol. The molecule has 0 saturated carbocycles. The second-order valence-corrected chi connectivity index (χ2v) is 3.25. The van der Waals surface area contributed by atoms with E-state index in [2.05, 4.69) is 19.2 Å². The predicted molar refractivity (Wildman–Crippen MR) is 57.5 cm³/mol. The Morgan fingerprint density at radius 2 is 2.15 bits per heavy atom. The molecule has 1 aromatic carbocycles. The normalized spacial score (nSPS) is 10.1. The highest BCUT2D eigenvalue weighted by atomic mass is 14.9. The summed E-state index contributed by atoms with van der Waals surface area (Å²) in [6, 6.07) is 5.95. The zero-order chi connectivity index (χ0) is 9.84. The van der Waals surface area contributed by atoms with Crippen molar-refractivity contribution in [3.8, 4) is 0 Å². The molecule has 13 heavy (non-hydrogen) atoms. The minimum atomic E-state index is 0.348. The molecule has 0 bridgehead atoms. The SMILES string of the molecule is CC(C)Nc1cccc(N)c1C=N. The Hall–Kier alpha value is -1.51. The van der Waals surface area contributed by atoms with E-state index < -0.39 is 0 Å². The number of hydrogen-bond acceptors (Lipinski definition) is 3. The van der Waals surface area contributed by atoms with Crippen molar-refractivity contribution in [3.63, 3.8) is 0 Å². The van der Waals surface area contributed by atoms with Gasteiger partial charge in [-0.05, 0) is 26.0 Å². The first kappa shape index (κ1) is 9.58. The van der Waals surface area contributed by atoms with Gasteiger partial charge in [0.2, 0.25) is 0 Å². The van der Waals surface area contributed by atoms with E-state index in [9.17, 15) is 0 Å². The van der Waals surface area contributed by atoms with E-state index in [1.807, 2.05) is 12.1 Å². The first-order valence-corrected chi connectivity index (χ1v) is 4.30. The zero-order valence-corrected chi connectivity index (χ0v) is 7.96. The molecule has 0 aromatic heterocycles. The van der Waals surface area contributed by atoms with E-state index in [0.717, 1.165) is 11.3 Å². The van der Waals surface area contributed by atoms with E-state index in [1.54, 1.807) is 6.07 Å². The largest absolute Gasteiger partial charge is 0.398 e. The molecular formula is C10H15N3. The number of nitrogens with one attached hydrogen (secondary N) is 2. The van der Waals surface area contributed by atoms with Crippen molar-refractivity contribution in [1.82, 2.24) is 0 Å². The van der Waals surface area contributed by atoms with Crippen molar-refractivity contribution < 1.29 is 0 Å². The molecule has 4 N–H and O–H groups in total. The summed E-state index contributed by atoms with van der Waals surface area (Å²) in [6.45, 7) is 4.10. The van der Waals surface area contributed by atoms with Gasteiger partial charge in [-0.1, -0.05) is 6.07 Å². The maximum absolute atomic E-state index is 7.22. The molecule has 0 atom stereocenters. The van der Waals surface area contributed by atoms with E-state index >= 15 is 0 Å².